The molecule has 3 heterocycles. The highest BCUT2D eigenvalue weighted by molar-refractivity contribution is 5.78. The Bertz CT molecular complexity index is 475. The molecule has 5 heteroatoms. The van der Waals surface area contributed by atoms with Crippen molar-refractivity contribution < 1.29 is 9.59 Å². The van der Waals surface area contributed by atoms with Gasteiger partial charge in [-0.25, -0.2) is 0 Å². The van der Waals surface area contributed by atoms with Crippen LogP contribution in [0.5, 0.6) is 0 Å². The van der Waals surface area contributed by atoms with Crippen LogP contribution in [-0.2, 0) is 9.59 Å². The molecule has 128 valence electrons. The molecule has 4 aliphatic rings. The molecule has 0 aromatic rings. The summed E-state index contributed by atoms with van der Waals surface area (Å²) in [5.41, 5.74) is 0. The number of rotatable bonds is 3. The van der Waals surface area contributed by atoms with E-state index < -0.39 is 0 Å². The van der Waals surface area contributed by atoms with Gasteiger partial charge in [-0.05, 0) is 43.9 Å². The van der Waals surface area contributed by atoms with Crippen LogP contribution in [0.3, 0.4) is 0 Å². The number of hydrogen-bond donors (Lipinski definition) is 1. The molecular formula is C18H29N3O2. The van der Waals surface area contributed by atoms with Gasteiger partial charge < -0.3 is 10.2 Å². The Kier molecular flexibility index (Phi) is 4.31. The van der Waals surface area contributed by atoms with Crippen molar-refractivity contribution in [2.75, 3.05) is 26.2 Å². The molecule has 0 aromatic heterocycles. The summed E-state index contributed by atoms with van der Waals surface area (Å²) in [6, 6.07) is 0.853. The van der Waals surface area contributed by atoms with E-state index in [4.69, 9.17) is 0 Å². The Morgan fingerprint density at radius 3 is 2.74 bits per heavy atom. The number of piperidine rings is 3. The van der Waals surface area contributed by atoms with Gasteiger partial charge in [0.1, 0.15) is 0 Å². The lowest BCUT2D eigenvalue weighted by molar-refractivity contribution is -0.145. The summed E-state index contributed by atoms with van der Waals surface area (Å²) in [6.07, 6.45) is 8.99. The number of amides is 2. The van der Waals surface area contributed by atoms with Gasteiger partial charge >= 0.3 is 0 Å². The predicted molar refractivity (Wildman–Crippen MR) is 87.8 cm³/mol. The molecule has 0 spiro atoms. The second-order valence-corrected chi connectivity index (χ2v) is 8.11. The maximum atomic E-state index is 12.3. The van der Waals surface area contributed by atoms with Crippen molar-refractivity contribution in [2.24, 2.45) is 11.8 Å². The summed E-state index contributed by atoms with van der Waals surface area (Å²) < 4.78 is 0. The van der Waals surface area contributed by atoms with Gasteiger partial charge in [0.05, 0.1) is 6.54 Å². The van der Waals surface area contributed by atoms with Gasteiger partial charge in [-0.15, -0.1) is 0 Å². The van der Waals surface area contributed by atoms with Crippen LogP contribution in [0, 0.1) is 11.8 Å². The molecule has 5 nitrogen and oxygen atoms in total. The molecule has 23 heavy (non-hydrogen) atoms. The van der Waals surface area contributed by atoms with Crippen molar-refractivity contribution >= 4 is 11.8 Å². The Morgan fingerprint density at radius 2 is 1.91 bits per heavy atom. The number of fused-ring (bicyclic) bond motifs is 4. The average molecular weight is 319 g/mol. The standard InChI is InChI=1S/C18H29N3O2/c22-17(19-15-4-1-2-5-15)12-20-9-13-8-14(11-20)16-6-3-7-18(23)21(16)10-13/h13-16H,1-12H2,(H,19,22)/t13-,14+,16+/m0/s1. The zero-order valence-electron chi connectivity index (χ0n) is 14.0. The largest absolute Gasteiger partial charge is 0.352 e. The highest BCUT2D eigenvalue weighted by atomic mass is 16.2. The molecule has 2 amide bonds. The topological polar surface area (TPSA) is 52.7 Å². The van der Waals surface area contributed by atoms with Crippen LogP contribution in [0.2, 0.25) is 0 Å². The molecule has 1 N–H and O–H groups in total. The first-order valence-electron chi connectivity index (χ1n) is 9.50. The lowest BCUT2D eigenvalue weighted by atomic mass is 9.76. The van der Waals surface area contributed by atoms with Crippen LogP contribution in [0.1, 0.15) is 51.4 Å². The van der Waals surface area contributed by atoms with E-state index in [-0.39, 0.29) is 5.91 Å². The van der Waals surface area contributed by atoms with Gasteiger partial charge in [0.25, 0.3) is 0 Å². The maximum absolute atomic E-state index is 12.3. The van der Waals surface area contributed by atoms with E-state index in [1.807, 2.05) is 0 Å². The quantitative estimate of drug-likeness (QED) is 0.855. The number of nitrogens with zero attached hydrogens (tertiary/aromatic N) is 2. The molecule has 3 atom stereocenters. The number of likely N-dealkylation sites (tertiary alicyclic amines) is 1. The first kappa shape index (κ1) is 15.4. The monoisotopic (exact) mass is 319 g/mol. The van der Waals surface area contributed by atoms with Gasteiger partial charge in [-0.2, -0.15) is 0 Å². The fourth-order valence-corrected chi connectivity index (χ4v) is 5.39. The van der Waals surface area contributed by atoms with E-state index in [1.165, 1.54) is 19.3 Å². The molecule has 0 aromatic carbocycles. The van der Waals surface area contributed by atoms with Crippen LogP contribution in [-0.4, -0.2) is 59.9 Å². The third-order valence-electron chi connectivity index (χ3n) is 6.34. The normalized spacial score (nSPS) is 35.2. The minimum Gasteiger partial charge on any atom is -0.352 e. The van der Waals surface area contributed by atoms with Crippen LogP contribution in [0.4, 0.5) is 0 Å². The first-order chi connectivity index (χ1) is 11.2. The smallest absolute Gasteiger partial charge is 0.234 e. The zero-order chi connectivity index (χ0) is 15.8. The van der Waals surface area contributed by atoms with Gasteiger partial charge in [0, 0.05) is 38.1 Å². The van der Waals surface area contributed by atoms with Crippen LogP contribution in [0.15, 0.2) is 0 Å². The van der Waals surface area contributed by atoms with Crippen LogP contribution in [0.25, 0.3) is 0 Å². The fourth-order valence-electron chi connectivity index (χ4n) is 5.39. The summed E-state index contributed by atoms with van der Waals surface area (Å²) in [7, 11) is 0. The number of carbonyl (C=O) groups excluding carboxylic acids is 2. The Hall–Kier alpha value is -1.10. The van der Waals surface area contributed by atoms with Crippen molar-refractivity contribution in [1.29, 1.82) is 0 Å². The molecule has 1 saturated carbocycles. The SMILES string of the molecule is O=C(CN1C[C@@H]2C[C@H](C1)[C@H]1CCCC(=O)N1C2)NC1CCCC1. The lowest BCUT2D eigenvalue weighted by Gasteiger charge is -2.52. The lowest BCUT2D eigenvalue weighted by Crippen LogP contribution is -2.61. The van der Waals surface area contributed by atoms with Crippen molar-refractivity contribution in [3.05, 3.63) is 0 Å². The van der Waals surface area contributed by atoms with Gasteiger partial charge in [0.2, 0.25) is 11.8 Å². The van der Waals surface area contributed by atoms with Gasteiger partial charge in [-0.3, -0.25) is 14.5 Å². The van der Waals surface area contributed by atoms with E-state index in [9.17, 15) is 9.59 Å². The van der Waals surface area contributed by atoms with Crippen molar-refractivity contribution in [3.63, 3.8) is 0 Å². The second kappa shape index (κ2) is 6.42. The summed E-state index contributed by atoms with van der Waals surface area (Å²) >= 11 is 0. The van der Waals surface area contributed by atoms with E-state index >= 15 is 0 Å². The first-order valence-corrected chi connectivity index (χ1v) is 9.50. The number of carbonyl (C=O) groups is 2. The fraction of sp³-hybridized carbons (Fsp3) is 0.889. The maximum Gasteiger partial charge on any atom is 0.234 e. The van der Waals surface area contributed by atoms with E-state index in [0.717, 1.165) is 51.7 Å². The molecule has 2 bridgehead atoms. The van der Waals surface area contributed by atoms with E-state index in [0.29, 0.717) is 36.4 Å². The van der Waals surface area contributed by atoms with E-state index in [2.05, 4.69) is 15.1 Å². The minimum absolute atomic E-state index is 0.202. The Balaban J connectivity index is 1.34. The average Bonchev–Trinajstić information content (AvgIpc) is 3.01. The summed E-state index contributed by atoms with van der Waals surface area (Å²) in [6.45, 7) is 3.43. The minimum atomic E-state index is 0.202. The highest BCUT2D eigenvalue weighted by Crippen LogP contribution is 2.37. The molecule has 3 aliphatic heterocycles. The third kappa shape index (κ3) is 3.25. The Morgan fingerprint density at radius 1 is 1.09 bits per heavy atom. The third-order valence-corrected chi connectivity index (χ3v) is 6.34. The van der Waals surface area contributed by atoms with Crippen molar-refractivity contribution in [1.82, 2.24) is 15.1 Å². The summed E-state index contributed by atoms with van der Waals surface area (Å²) in [5.74, 6) is 1.70. The number of hydrogen-bond acceptors (Lipinski definition) is 3. The van der Waals surface area contributed by atoms with Crippen molar-refractivity contribution in [2.45, 2.75) is 63.5 Å². The van der Waals surface area contributed by atoms with Crippen molar-refractivity contribution in [3.8, 4) is 0 Å². The molecule has 0 unspecified atom stereocenters. The highest BCUT2D eigenvalue weighted by Gasteiger charge is 2.44. The zero-order valence-corrected chi connectivity index (χ0v) is 14.0. The Labute approximate surface area is 138 Å². The van der Waals surface area contributed by atoms with Gasteiger partial charge in [0.15, 0.2) is 0 Å². The second-order valence-electron chi connectivity index (χ2n) is 8.11. The van der Waals surface area contributed by atoms with Crippen LogP contribution < -0.4 is 5.32 Å². The molecule has 3 saturated heterocycles. The molecule has 4 rings (SSSR count). The molecule has 0 radical (unpaired) electrons. The predicted octanol–water partition coefficient (Wildman–Crippen LogP) is 1.38. The van der Waals surface area contributed by atoms with Crippen LogP contribution >= 0.6 is 0 Å². The van der Waals surface area contributed by atoms with Gasteiger partial charge in [-0.1, -0.05) is 12.8 Å². The molecule has 1 aliphatic carbocycles. The molecule has 4 fully saturated rings. The summed E-state index contributed by atoms with van der Waals surface area (Å²) in [4.78, 5) is 29.0. The van der Waals surface area contributed by atoms with E-state index in [1.54, 1.807) is 0 Å². The number of nitrogens with one attached hydrogen (secondary N) is 1. The summed E-state index contributed by atoms with van der Waals surface area (Å²) in [5, 5.41) is 3.21. The molecular weight excluding hydrogens is 290 g/mol.